The van der Waals surface area contributed by atoms with Crippen LogP contribution in [0.4, 0.5) is 0 Å². The Morgan fingerprint density at radius 1 is 1.50 bits per heavy atom. The number of nitrogens with zero attached hydrogens (tertiary/aromatic N) is 1. The molecule has 4 heteroatoms. The van der Waals surface area contributed by atoms with Gasteiger partial charge in [-0.1, -0.05) is 0 Å². The third kappa shape index (κ3) is 2.58. The molecule has 0 spiro atoms. The third-order valence-corrected chi connectivity index (χ3v) is 5.07. The first kappa shape index (κ1) is 13.6. The van der Waals surface area contributed by atoms with E-state index in [1.807, 2.05) is 23.9 Å². The second-order valence-electron chi connectivity index (χ2n) is 5.43. The second-order valence-corrected chi connectivity index (χ2v) is 6.68. The Morgan fingerprint density at radius 2 is 2.35 bits per heavy atom. The van der Waals surface area contributed by atoms with Gasteiger partial charge in [0.2, 0.25) is 0 Å². The van der Waals surface area contributed by atoms with Crippen molar-refractivity contribution in [2.24, 2.45) is 5.73 Å². The highest BCUT2D eigenvalue weighted by Gasteiger charge is 2.31. The van der Waals surface area contributed by atoms with Gasteiger partial charge in [-0.05, 0) is 50.1 Å². The summed E-state index contributed by atoms with van der Waals surface area (Å²) in [5.74, 6) is 0.983. The van der Waals surface area contributed by atoms with E-state index in [2.05, 4.69) is 37.1 Å². The van der Waals surface area contributed by atoms with Gasteiger partial charge in [-0.25, -0.2) is 0 Å². The number of thioether (sulfide) groups is 1. The van der Waals surface area contributed by atoms with E-state index in [4.69, 9.17) is 10.2 Å². The molecule has 1 unspecified atom stereocenters. The molecule has 0 saturated carbocycles. The van der Waals surface area contributed by atoms with Gasteiger partial charge in [0, 0.05) is 22.4 Å². The summed E-state index contributed by atoms with van der Waals surface area (Å²) >= 11 is 1.93. The summed E-state index contributed by atoms with van der Waals surface area (Å²) in [4.78, 5) is 3.62. The van der Waals surface area contributed by atoms with Gasteiger partial charge in [0.25, 0.3) is 0 Å². The van der Waals surface area contributed by atoms with E-state index >= 15 is 0 Å². The predicted octanol–water partition coefficient (Wildman–Crippen LogP) is 3.62. The lowest BCUT2D eigenvalue weighted by atomic mass is 10.0. The molecule has 3 nitrogen and oxygen atoms in total. The molecule has 0 radical (unpaired) electrons. The van der Waals surface area contributed by atoms with Crippen molar-refractivity contribution >= 4 is 11.8 Å². The van der Waals surface area contributed by atoms with Crippen molar-refractivity contribution in [1.29, 1.82) is 0 Å². The molecule has 0 bridgehead atoms. The molecule has 106 valence electrons. The first-order valence-corrected chi connectivity index (χ1v) is 7.84. The fourth-order valence-electron chi connectivity index (χ4n) is 2.70. The van der Waals surface area contributed by atoms with Crippen LogP contribution in [0, 0.1) is 0 Å². The van der Waals surface area contributed by atoms with E-state index in [1.54, 1.807) is 6.26 Å². The van der Waals surface area contributed by atoms with E-state index in [0.29, 0.717) is 5.25 Å². The minimum absolute atomic E-state index is 0.232. The largest absolute Gasteiger partial charge is 0.467 e. The van der Waals surface area contributed by atoms with Crippen molar-refractivity contribution in [2.45, 2.75) is 38.1 Å². The topological polar surface area (TPSA) is 42.4 Å². The Kier molecular flexibility index (Phi) is 3.76. The third-order valence-electron chi connectivity index (χ3n) is 3.65. The van der Waals surface area contributed by atoms with Crippen LogP contribution in [0.5, 0.6) is 0 Å². The summed E-state index contributed by atoms with van der Waals surface area (Å²) in [7, 11) is 0. The molecule has 0 aliphatic carbocycles. The summed E-state index contributed by atoms with van der Waals surface area (Å²) in [6, 6.07) is 4.18. The van der Waals surface area contributed by atoms with Crippen LogP contribution in [-0.4, -0.2) is 16.2 Å². The van der Waals surface area contributed by atoms with Gasteiger partial charge in [-0.15, -0.1) is 11.8 Å². The highest BCUT2D eigenvalue weighted by atomic mass is 32.2. The Bertz CT molecular complexity index is 569. The molecule has 0 aromatic carbocycles. The monoisotopic (exact) mass is 288 g/mol. The quantitative estimate of drug-likeness (QED) is 0.919. The molecule has 2 N–H and O–H groups in total. The second kappa shape index (κ2) is 5.54. The Balaban J connectivity index is 1.84. The smallest absolute Gasteiger partial charge is 0.123 e. The highest BCUT2D eigenvalue weighted by molar-refractivity contribution is 8.04. The molecule has 1 aromatic heterocycles. The number of furan rings is 1. The van der Waals surface area contributed by atoms with Gasteiger partial charge in [-0.3, -0.25) is 0 Å². The van der Waals surface area contributed by atoms with Crippen LogP contribution in [0.25, 0.3) is 0 Å². The molecule has 1 aromatic rings. The van der Waals surface area contributed by atoms with Gasteiger partial charge in [-0.2, -0.15) is 0 Å². The average Bonchev–Trinajstić information content (AvgIpc) is 2.99. The number of hydrogen-bond donors (Lipinski definition) is 1. The normalized spacial score (nSPS) is 23.1. The molecule has 2 aliphatic heterocycles. The van der Waals surface area contributed by atoms with Crippen molar-refractivity contribution < 1.29 is 4.42 Å². The maximum absolute atomic E-state index is 5.97. The number of nitrogens with two attached hydrogens (primary N) is 1. The number of rotatable bonds is 4. The lowest BCUT2D eigenvalue weighted by Crippen LogP contribution is -2.21. The van der Waals surface area contributed by atoms with Crippen LogP contribution in [-0.2, 0) is 6.54 Å². The van der Waals surface area contributed by atoms with E-state index in [0.717, 1.165) is 18.7 Å². The Hall–Kier alpha value is -1.39. The van der Waals surface area contributed by atoms with E-state index < -0.39 is 0 Å². The number of fused-ring (bicyclic) bond motifs is 1. The SMILES string of the molecule is CC1=C2C(=CC=CN2Cc2ccco2)SC1C[C@H](C)N. The number of allylic oxidation sites excluding steroid dienone is 2. The lowest BCUT2D eigenvalue weighted by Gasteiger charge is -2.25. The van der Waals surface area contributed by atoms with Crippen LogP contribution >= 0.6 is 11.8 Å². The maximum atomic E-state index is 5.97. The van der Waals surface area contributed by atoms with Gasteiger partial charge in [0.15, 0.2) is 0 Å². The maximum Gasteiger partial charge on any atom is 0.123 e. The summed E-state index contributed by atoms with van der Waals surface area (Å²) in [5.41, 5.74) is 8.73. The minimum Gasteiger partial charge on any atom is -0.467 e. The Morgan fingerprint density at radius 3 is 3.05 bits per heavy atom. The molecule has 20 heavy (non-hydrogen) atoms. The molecule has 0 saturated heterocycles. The summed E-state index contributed by atoms with van der Waals surface area (Å²) in [6.45, 7) is 5.08. The highest BCUT2D eigenvalue weighted by Crippen LogP contribution is 2.46. The first-order chi connectivity index (χ1) is 9.65. The van der Waals surface area contributed by atoms with Gasteiger partial charge in [0.05, 0.1) is 18.5 Å². The average molecular weight is 288 g/mol. The van der Waals surface area contributed by atoms with E-state index in [9.17, 15) is 0 Å². The van der Waals surface area contributed by atoms with E-state index in [1.165, 1.54) is 16.2 Å². The van der Waals surface area contributed by atoms with Crippen LogP contribution in [0.1, 0.15) is 26.0 Å². The van der Waals surface area contributed by atoms with Crippen molar-refractivity contribution in [1.82, 2.24) is 4.90 Å². The fraction of sp³-hybridized carbons (Fsp3) is 0.375. The van der Waals surface area contributed by atoms with Gasteiger partial charge >= 0.3 is 0 Å². The summed E-state index contributed by atoms with van der Waals surface area (Å²) in [5, 5.41) is 0.496. The molecule has 3 heterocycles. The summed E-state index contributed by atoms with van der Waals surface area (Å²) < 4.78 is 5.47. The first-order valence-electron chi connectivity index (χ1n) is 6.96. The molecule has 0 fully saturated rings. The summed E-state index contributed by atoms with van der Waals surface area (Å²) in [6.07, 6.45) is 9.18. The van der Waals surface area contributed by atoms with Crippen LogP contribution in [0.2, 0.25) is 0 Å². The van der Waals surface area contributed by atoms with Crippen molar-refractivity contribution in [3.63, 3.8) is 0 Å². The van der Waals surface area contributed by atoms with Crippen molar-refractivity contribution in [2.75, 3.05) is 0 Å². The Labute approximate surface area is 124 Å². The molecular weight excluding hydrogens is 268 g/mol. The zero-order valence-electron chi connectivity index (χ0n) is 11.9. The fourth-order valence-corrected chi connectivity index (χ4v) is 4.25. The zero-order valence-corrected chi connectivity index (χ0v) is 12.7. The predicted molar refractivity (Wildman–Crippen MR) is 83.8 cm³/mol. The van der Waals surface area contributed by atoms with Gasteiger partial charge < -0.3 is 15.1 Å². The van der Waals surface area contributed by atoms with E-state index in [-0.39, 0.29) is 6.04 Å². The van der Waals surface area contributed by atoms with Crippen LogP contribution in [0.3, 0.4) is 0 Å². The molecule has 3 rings (SSSR count). The van der Waals surface area contributed by atoms with Crippen LogP contribution < -0.4 is 5.73 Å². The van der Waals surface area contributed by atoms with Crippen LogP contribution in [0.15, 0.2) is 57.3 Å². The standard InChI is InChI=1S/C16H20N2OS/c1-11(17)9-15-12(2)16-14(20-15)6-3-7-18(16)10-13-5-4-8-19-13/h3-8,11,15H,9-10,17H2,1-2H3/t11-,15?/m0/s1. The zero-order chi connectivity index (χ0) is 14.1. The molecule has 0 amide bonds. The molecular formula is C16H20N2OS. The lowest BCUT2D eigenvalue weighted by molar-refractivity contribution is 0.390. The molecule has 2 atom stereocenters. The van der Waals surface area contributed by atoms with Crippen molar-refractivity contribution in [3.8, 4) is 0 Å². The molecule has 2 aliphatic rings. The minimum atomic E-state index is 0.232. The van der Waals surface area contributed by atoms with Crippen molar-refractivity contribution in [3.05, 3.63) is 58.7 Å². The number of hydrogen-bond acceptors (Lipinski definition) is 4. The van der Waals surface area contributed by atoms with Gasteiger partial charge in [0.1, 0.15) is 5.76 Å².